The van der Waals surface area contributed by atoms with Gasteiger partial charge in [0.2, 0.25) is 0 Å². The van der Waals surface area contributed by atoms with Crippen LogP contribution in [0.1, 0.15) is 41.4 Å². The molecule has 3 aromatic carbocycles. The highest BCUT2D eigenvalue weighted by molar-refractivity contribution is 6.15. The second kappa shape index (κ2) is 10.4. The fraction of sp³-hybridized carbons (Fsp3) is 0.103. The number of nitrogens with zero attached hydrogens (tertiary/aromatic N) is 3. The second-order valence-corrected chi connectivity index (χ2v) is 8.97. The van der Waals surface area contributed by atoms with Crippen LogP contribution in [0.25, 0.3) is 5.52 Å². The molecule has 9 heteroatoms. The van der Waals surface area contributed by atoms with Crippen LogP contribution < -0.4 is 21.1 Å². The number of nitrogens with one attached hydrogen (secondary N) is 2. The Bertz CT molecular complexity index is 1610. The molecule has 9 nitrogen and oxygen atoms in total. The molecule has 0 bridgehead atoms. The minimum Gasteiger partial charge on any atom is -0.457 e. The van der Waals surface area contributed by atoms with Crippen LogP contribution in [0, 0.1) is 0 Å². The topological polar surface area (TPSA) is 124 Å². The first-order valence-corrected chi connectivity index (χ1v) is 12.1. The number of anilines is 3. The first-order valence-electron chi connectivity index (χ1n) is 12.1. The van der Waals surface area contributed by atoms with E-state index in [0.717, 1.165) is 11.4 Å². The number of amides is 2. The maximum atomic E-state index is 13.5. The van der Waals surface area contributed by atoms with E-state index in [4.69, 9.17) is 10.5 Å². The number of urea groups is 1. The number of carbonyl (C=O) groups is 2. The summed E-state index contributed by atoms with van der Waals surface area (Å²) in [6.45, 7) is 4.03. The van der Waals surface area contributed by atoms with Crippen LogP contribution in [0.3, 0.4) is 0 Å². The summed E-state index contributed by atoms with van der Waals surface area (Å²) >= 11 is 0. The number of fused-ring (bicyclic) bond motifs is 1. The molecule has 0 aliphatic heterocycles. The van der Waals surface area contributed by atoms with Gasteiger partial charge in [0.15, 0.2) is 11.6 Å². The van der Waals surface area contributed by atoms with E-state index < -0.39 is 6.03 Å². The number of nitrogen functional groups attached to an aromatic ring is 1. The molecule has 190 valence electrons. The van der Waals surface area contributed by atoms with E-state index in [-0.39, 0.29) is 17.5 Å². The van der Waals surface area contributed by atoms with Gasteiger partial charge < -0.3 is 21.1 Å². The van der Waals surface area contributed by atoms with Gasteiger partial charge in [-0.05, 0) is 60.5 Å². The number of ketones is 1. The summed E-state index contributed by atoms with van der Waals surface area (Å²) in [6.07, 6.45) is 1.37. The number of ether oxygens (including phenoxy) is 1. The summed E-state index contributed by atoms with van der Waals surface area (Å²) in [6, 6.07) is 24.5. The average Bonchev–Trinajstić information content (AvgIpc) is 3.31. The van der Waals surface area contributed by atoms with Crippen LogP contribution in [0.15, 0.2) is 91.3 Å². The van der Waals surface area contributed by atoms with Crippen molar-refractivity contribution in [2.45, 2.75) is 19.8 Å². The van der Waals surface area contributed by atoms with Crippen molar-refractivity contribution in [3.8, 4) is 11.5 Å². The molecule has 5 aromatic rings. The van der Waals surface area contributed by atoms with Crippen LogP contribution in [0.2, 0.25) is 0 Å². The summed E-state index contributed by atoms with van der Waals surface area (Å²) in [4.78, 5) is 30.2. The molecular weight excluding hydrogens is 480 g/mol. The molecule has 2 heterocycles. The summed E-state index contributed by atoms with van der Waals surface area (Å²) in [5.41, 5.74) is 9.29. The van der Waals surface area contributed by atoms with Gasteiger partial charge in [0.05, 0.1) is 5.56 Å². The molecule has 0 spiro atoms. The van der Waals surface area contributed by atoms with Gasteiger partial charge in [0.1, 0.15) is 23.3 Å². The molecule has 0 unspecified atom stereocenters. The van der Waals surface area contributed by atoms with E-state index in [1.165, 1.54) is 6.33 Å². The monoisotopic (exact) mass is 506 g/mol. The lowest BCUT2D eigenvalue weighted by molar-refractivity contribution is 0.104. The largest absolute Gasteiger partial charge is 0.457 e. The van der Waals surface area contributed by atoms with Gasteiger partial charge >= 0.3 is 6.03 Å². The van der Waals surface area contributed by atoms with Gasteiger partial charge in [0, 0.05) is 22.6 Å². The number of nitrogens with two attached hydrogens (primary N) is 1. The quantitative estimate of drug-likeness (QED) is 0.229. The minimum absolute atomic E-state index is 0.119. The van der Waals surface area contributed by atoms with Crippen LogP contribution >= 0.6 is 0 Å². The normalized spacial score (nSPS) is 10.9. The van der Waals surface area contributed by atoms with Crippen molar-refractivity contribution in [3.63, 3.8) is 0 Å². The van der Waals surface area contributed by atoms with Crippen molar-refractivity contribution in [2.75, 3.05) is 16.4 Å². The number of rotatable bonds is 7. The van der Waals surface area contributed by atoms with Crippen molar-refractivity contribution in [3.05, 3.63) is 108 Å². The lowest BCUT2D eigenvalue weighted by Crippen LogP contribution is -2.19. The zero-order valence-corrected chi connectivity index (χ0v) is 20.9. The maximum absolute atomic E-state index is 13.5. The van der Waals surface area contributed by atoms with Crippen LogP contribution in [-0.4, -0.2) is 26.4 Å². The fourth-order valence-electron chi connectivity index (χ4n) is 4.09. The van der Waals surface area contributed by atoms with Gasteiger partial charge in [-0.1, -0.05) is 44.2 Å². The van der Waals surface area contributed by atoms with E-state index in [1.54, 1.807) is 59.1 Å². The smallest absolute Gasteiger partial charge is 0.323 e. The lowest BCUT2D eigenvalue weighted by Gasteiger charge is -2.10. The molecular formula is C29H26N6O3. The summed E-state index contributed by atoms with van der Waals surface area (Å²) in [5, 5.41) is 9.84. The summed E-state index contributed by atoms with van der Waals surface area (Å²) in [5.74, 6) is 1.48. The van der Waals surface area contributed by atoms with Crippen molar-refractivity contribution >= 4 is 34.5 Å². The summed E-state index contributed by atoms with van der Waals surface area (Å²) < 4.78 is 7.44. The van der Waals surface area contributed by atoms with E-state index in [2.05, 4.69) is 20.7 Å². The van der Waals surface area contributed by atoms with Gasteiger partial charge in [-0.2, -0.15) is 5.10 Å². The van der Waals surface area contributed by atoms with Crippen molar-refractivity contribution in [1.29, 1.82) is 0 Å². The minimum atomic E-state index is -0.444. The number of aromatic nitrogens is 3. The highest BCUT2D eigenvalue weighted by Crippen LogP contribution is 2.28. The fourth-order valence-corrected chi connectivity index (χ4v) is 4.09. The molecule has 0 aliphatic carbocycles. The Morgan fingerprint density at radius 1 is 0.868 bits per heavy atom. The third-order valence-corrected chi connectivity index (χ3v) is 5.92. The van der Waals surface area contributed by atoms with E-state index in [0.29, 0.717) is 33.8 Å². The average molecular weight is 507 g/mol. The van der Waals surface area contributed by atoms with Gasteiger partial charge in [-0.15, -0.1) is 0 Å². The standard InChI is InChI=1S/C29H26N6O3/c1-18(2)25-16-24(26-28(30)31-17-32-35(25)26)27(36)19-7-6-8-21(15-19)34-29(37)33-20-11-13-23(14-12-20)38-22-9-4-3-5-10-22/h3-18H,1-2H3,(H2,30,31,32)(H2,33,34,37). The van der Waals surface area contributed by atoms with Gasteiger partial charge in [-0.3, -0.25) is 4.79 Å². The molecule has 0 aliphatic rings. The number of carbonyl (C=O) groups excluding carboxylic acids is 2. The Kier molecular flexibility index (Phi) is 6.73. The van der Waals surface area contributed by atoms with E-state index >= 15 is 0 Å². The predicted molar refractivity (Wildman–Crippen MR) is 147 cm³/mol. The zero-order chi connectivity index (χ0) is 26.6. The van der Waals surface area contributed by atoms with Gasteiger partial charge in [-0.25, -0.2) is 14.3 Å². The maximum Gasteiger partial charge on any atom is 0.323 e. The van der Waals surface area contributed by atoms with Crippen LogP contribution in [0.4, 0.5) is 22.0 Å². The molecule has 4 N–H and O–H groups in total. The Morgan fingerprint density at radius 3 is 2.32 bits per heavy atom. The molecule has 0 radical (unpaired) electrons. The number of hydrogen-bond donors (Lipinski definition) is 3. The highest BCUT2D eigenvalue weighted by atomic mass is 16.5. The van der Waals surface area contributed by atoms with Crippen LogP contribution in [-0.2, 0) is 0 Å². The first-order chi connectivity index (χ1) is 18.4. The molecule has 2 aromatic heterocycles. The molecule has 38 heavy (non-hydrogen) atoms. The molecule has 0 saturated heterocycles. The molecule has 5 rings (SSSR count). The van der Waals surface area contributed by atoms with E-state index in [1.807, 2.05) is 44.2 Å². The highest BCUT2D eigenvalue weighted by Gasteiger charge is 2.22. The van der Waals surface area contributed by atoms with E-state index in [9.17, 15) is 9.59 Å². The predicted octanol–water partition coefficient (Wildman–Crippen LogP) is 6.10. The third-order valence-electron chi connectivity index (χ3n) is 5.92. The van der Waals surface area contributed by atoms with Crippen molar-refractivity contribution in [1.82, 2.24) is 14.6 Å². The Morgan fingerprint density at radius 2 is 1.58 bits per heavy atom. The molecule has 0 saturated carbocycles. The number of hydrogen-bond acceptors (Lipinski definition) is 6. The molecule has 0 fully saturated rings. The van der Waals surface area contributed by atoms with Gasteiger partial charge in [0.25, 0.3) is 0 Å². The Labute approximate surface area is 219 Å². The number of para-hydroxylation sites is 1. The third kappa shape index (κ3) is 5.17. The number of benzene rings is 3. The Balaban J connectivity index is 1.29. The van der Waals surface area contributed by atoms with Crippen LogP contribution in [0.5, 0.6) is 11.5 Å². The SMILES string of the molecule is CC(C)c1cc(C(=O)c2cccc(NC(=O)Nc3ccc(Oc4ccccc4)cc3)c2)c2c(N)ncnn12. The molecule has 2 amide bonds. The van der Waals surface area contributed by atoms with Crippen molar-refractivity contribution in [2.24, 2.45) is 0 Å². The molecule has 0 atom stereocenters. The summed E-state index contributed by atoms with van der Waals surface area (Å²) in [7, 11) is 0. The Hall–Kier alpha value is -5.18. The van der Waals surface area contributed by atoms with Crippen molar-refractivity contribution < 1.29 is 14.3 Å². The zero-order valence-electron chi connectivity index (χ0n) is 20.9. The lowest BCUT2D eigenvalue weighted by atomic mass is 10.0. The second-order valence-electron chi connectivity index (χ2n) is 8.97. The first kappa shape index (κ1) is 24.5.